The number of nitrogens with one attached hydrogen (secondary N) is 1. The van der Waals surface area contributed by atoms with E-state index in [-0.39, 0.29) is 5.82 Å². The molecule has 1 unspecified atom stereocenters. The SMILES string of the molecule is C=C(C)CCC(CSc1ccc(F)cc1)NC. The lowest BCUT2D eigenvalue weighted by molar-refractivity contribution is 0.571. The molecular formula is C14H20FNS. The summed E-state index contributed by atoms with van der Waals surface area (Å²) in [4.78, 5) is 1.11. The molecule has 0 saturated heterocycles. The molecule has 1 aromatic carbocycles. The Bertz CT molecular complexity index is 348. The van der Waals surface area contributed by atoms with Gasteiger partial charge < -0.3 is 5.32 Å². The van der Waals surface area contributed by atoms with Crippen molar-refractivity contribution in [3.63, 3.8) is 0 Å². The molecule has 0 bridgehead atoms. The van der Waals surface area contributed by atoms with Crippen LogP contribution in [0, 0.1) is 5.82 Å². The number of rotatable bonds is 7. The average Bonchev–Trinajstić information content (AvgIpc) is 2.31. The molecule has 17 heavy (non-hydrogen) atoms. The van der Waals surface area contributed by atoms with E-state index in [1.165, 1.54) is 17.7 Å². The van der Waals surface area contributed by atoms with Gasteiger partial charge in [0.25, 0.3) is 0 Å². The lowest BCUT2D eigenvalue weighted by Crippen LogP contribution is -2.27. The van der Waals surface area contributed by atoms with Gasteiger partial charge in [-0.3, -0.25) is 0 Å². The summed E-state index contributed by atoms with van der Waals surface area (Å²) in [7, 11) is 1.98. The van der Waals surface area contributed by atoms with Gasteiger partial charge in [-0.15, -0.1) is 18.3 Å². The Morgan fingerprint density at radius 1 is 1.41 bits per heavy atom. The first kappa shape index (κ1) is 14.3. The molecule has 0 aliphatic carbocycles. The first-order valence-electron chi connectivity index (χ1n) is 5.82. The normalized spacial score (nSPS) is 12.4. The predicted molar refractivity (Wildman–Crippen MR) is 74.0 cm³/mol. The summed E-state index contributed by atoms with van der Waals surface area (Å²) in [5, 5.41) is 3.30. The van der Waals surface area contributed by atoms with Gasteiger partial charge in [0, 0.05) is 16.7 Å². The third-order valence-electron chi connectivity index (χ3n) is 2.59. The van der Waals surface area contributed by atoms with Crippen molar-refractivity contribution < 1.29 is 4.39 Å². The third kappa shape index (κ3) is 5.89. The first-order valence-corrected chi connectivity index (χ1v) is 6.80. The topological polar surface area (TPSA) is 12.0 Å². The fraction of sp³-hybridized carbons (Fsp3) is 0.429. The Hall–Kier alpha value is -0.800. The molecule has 94 valence electrons. The van der Waals surface area contributed by atoms with E-state index in [4.69, 9.17) is 0 Å². The maximum absolute atomic E-state index is 12.7. The van der Waals surface area contributed by atoms with Crippen molar-refractivity contribution in [1.29, 1.82) is 0 Å². The van der Waals surface area contributed by atoms with Crippen LogP contribution in [0.1, 0.15) is 19.8 Å². The van der Waals surface area contributed by atoms with Gasteiger partial charge in [0.05, 0.1) is 0 Å². The van der Waals surface area contributed by atoms with Crippen LogP contribution >= 0.6 is 11.8 Å². The Morgan fingerprint density at radius 3 is 2.59 bits per heavy atom. The van der Waals surface area contributed by atoms with Crippen LogP contribution in [0.3, 0.4) is 0 Å². The quantitative estimate of drug-likeness (QED) is 0.585. The van der Waals surface area contributed by atoms with Gasteiger partial charge in [0.2, 0.25) is 0 Å². The molecule has 1 nitrogen and oxygen atoms in total. The summed E-state index contributed by atoms with van der Waals surface area (Å²) in [5.41, 5.74) is 1.22. The maximum Gasteiger partial charge on any atom is 0.123 e. The molecule has 3 heteroatoms. The highest BCUT2D eigenvalue weighted by Crippen LogP contribution is 2.20. The molecule has 0 aliphatic heterocycles. The second-order valence-electron chi connectivity index (χ2n) is 4.25. The standard InChI is InChI=1S/C14H20FNS/c1-11(2)4-7-13(16-3)10-17-14-8-5-12(15)6-9-14/h5-6,8-9,13,16H,1,4,7,10H2,2-3H3. The minimum atomic E-state index is -0.179. The lowest BCUT2D eigenvalue weighted by atomic mass is 10.1. The van der Waals surface area contributed by atoms with Gasteiger partial charge in [0.1, 0.15) is 5.82 Å². The molecule has 1 N–H and O–H groups in total. The molecule has 0 spiro atoms. The van der Waals surface area contributed by atoms with Crippen LogP contribution in [-0.4, -0.2) is 18.8 Å². The smallest absolute Gasteiger partial charge is 0.123 e. The highest BCUT2D eigenvalue weighted by molar-refractivity contribution is 7.99. The Labute approximate surface area is 107 Å². The van der Waals surface area contributed by atoms with Crippen molar-refractivity contribution in [2.24, 2.45) is 0 Å². The molecule has 0 heterocycles. The molecule has 0 aromatic heterocycles. The average molecular weight is 253 g/mol. The van der Waals surface area contributed by atoms with Gasteiger partial charge in [-0.25, -0.2) is 4.39 Å². The summed E-state index contributed by atoms with van der Waals surface area (Å²) in [6.45, 7) is 5.97. The summed E-state index contributed by atoms with van der Waals surface area (Å²) >= 11 is 1.75. The summed E-state index contributed by atoms with van der Waals surface area (Å²) in [5.74, 6) is 0.817. The zero-order chi connectivity index (χ0) is 12.7. The van der Waals surface area contributed by atoms with E-state index >= 15 is 0 Å². The largest absolute Gasteiger partial charge is 0.316 e. The van der Waals surface area contributed by atoms with Gasteiger partial charge in [-0.2, -0.15) is 0 Å². The molecule has 1 aromatic rings. The van der Waals surface area contributed by atoms with E-state index in [0.717, 1.165) is 23.5 Å². The summed E-state index contributed by atoms with van der Waals surface area (Å²) in [6, 6.07) is 7.13. The van der Waals surface area contributed by atoms with Crippen molar-refractivity contribution in [2.45, 2.75) is 30.7 Å². The molecule has 0 fully saturated rings. The number of thioether (sulfide) groups is 1. The van der Waals surface area contributed by atoms with Gasteiger partial charge in [-0.05, 0) is 51.1 Å². The van der Waals surface area contributed by atoms with Crippen molar-refractivity contribution in [3.8, 4) is 0 Å². The maximum atomic E-state index is 12.7. The highest BCUT2D eigenvalue weighted by atomic mass is 32.2. The fourth-order valence-electron chi connectivity index (χ4n) is 1.46. The molecule has 0 aliphatic rings. The Kier molecular flexibility index (Phi) is 6.30. The Balaban J connectivity index is 2.36. The van der Waals surface area contributed by atoms with E-state index in [2.05, 4.69) is 18.8 Å². The minimum absolute atomic E-state index is 0.179. The number of benzene rings is 1. The molecule has 0 radical (unpaired) electrons. The molecule has 0 amide bonds. The lowest BCUT2D eigenvalue weighted by Gasteiger charge is -2.15. The second kappa shape index (κ2) is 7.51. The first-order chi connectivity index (χ1) is 8.11. The van der Waals surface area contributed by atoms with E-state index < -0.39 is 0 Å². The third-order valence-corrected chi connectivity index (χ3v) is 3.77. The summed E-state index contributed by atoms with van der Waals surface area (Å²) in [6.07, 6.45) is 2.15. The van der Waals surface area contributed by atoms with Crippen LogP contribution in [-0.2, 0) is 0 Å². The van der Waals surface area contributed by atoms with Crippen LogP contribution in [0.5, 0.6) is 0 Å². The van der Waals surface area contributed by atoms with Crippen LogP contribution in [0.15, 0.2) is 41.3 Å². The van der Waals surface area contributed by atoms with Crippen molar-refractivity contribution in [3.05, 3.63) is 42.2 Å². The minimum Gasteiger partial charge on any atom is -0.316 e. The number of halogens is 1. The van der Waals surface area contributed by atoms with Crippen LogP contribution in [0.25, 0.3) is 0 Å². The van der Waals surface area contributed by atoms with E-state index in [0.29, 0.717) is 6.04 Å². The van der Waals surface area contributed by atoms with E-state index in [1.807, 2.05) is 19.2 Å². The molecule has 1 rings (SSSR count). The predicted octanol–water partition coefficient (Wildman–Crippen LogP) is 3.86. The fourth-order valence-corrected chi connectivity index (χ4v) is 2.51. The van der Waals surface area contributed by atoms with Crippen molar-refractivity contribution in [2.75, 3.05) is 12.8 Å². The van der Waals surface area contributed by atoms with E-state index in [9.17, 15) is 4.39 Å². The zero-order valence-electron chi connectivity index (χ0n) is 10.5. The molecular weight excluding hydrogens is 233 g/mol. The Morgan fingerprint density at radius 2 is 2.06 bits per heavy atom. The zero-order valence-corrected chi connectivity index (χ0v) is 11.3. The summed E-state index contributed by atoms with van der Waals surface area (Å²) < 4.78 is 12.7. The van der Waals surface area contributed by atoms with Crippen molar-refractivity contribution in [1.82, 2.24) is 5.32 Å². The number of allylic oxidation sites excluding steroid dienone is 1. The van der Waals surface area contributed by atoms with Gasteiger partial charge in [-0.1, -0.05) is 5.57 Å². The van der Waals surface area contributed by atoms with E-state index in [1.54, 1.807) is 11.8 Å². The highest BCUT2D eigenvalue weighted by Gasteiger charge is 2.06. The van der Waals surface area contributed by atoms with Crippen LogP contribution in [0.4, 0.5) is 4.39 Å². The molecule has 1 atom stereocenters. The monoisotopic (exact) mass is 253 g/mol. The number of hydrogen-bond acceptors (Lipinski definition) is 2. The van der Waals surface area contributed by atoms with Crippen LogP contribution < -0.4 is 5.32 Å². The number of hydrogen-bond donors (Lipinski definition) is 1. The molecule has 0 saturated carbocycles. The van der Waals surface area contributed by atoms with Gasteiger partial charge >= 0.3 is 0 Å². The van der Waals surface area contributed by atoms with Crippen LogP contribution in [0.2, 0.25) is 0 Å². The van der Waals surface area contributed by atoms with Gasteiger partial charge in [0.15, 0.2) is 0 Å². The second-order valence-corrected chi connectivity index (χ2v) is 5.34. The van der Waals surface area contributed by atoms with Crippen molar-refractivity contribution >= 4 is 11.8 Å².